The number of hydrogen-bond acceptors (Lipinski definition) is 5. The van der Waals surface area contributed by atoms with Crippen molar-refractivity contribution in [2.24, 2.45) is 10.9 Å². The van der Waals surface area contributed by atoms with Crippen LogP contribution in [-0.4, -0.2) is 57.6 Å². The molecule has 1 aliphatic rings. The molecule has 0 aliphatic carbocycles. The molecule has 1 atom stereocenters. The van der Waals surface area contributed by atoms with Crippen molar-refractivity contribution in [3.8, 4) is 5.75 Å². The zero-order chi connectivity index (χ0) is 22.0. The van der Waals surface area contributed by atoms with Crippen LogP contribution < -0.4 is 20.7 Å². The Morgan fingerprint density at radius 1 is 1.23 bits per heavy atom. The van der Waals surface area contributed by atoms with E-state index in [0.29, 0.717) is 38.1 Å². The lowest BCUT2D eigenvalue weighted by molar-refractivity contribution is 0.0529. The van der Waals surface area contributed by atoms with Gasteiger partial charge in [0.1, 0.15) is 11.4 Å². The van der Waals surface area contributed by atoms with Crippen LogP contribution in [0.3, 0.4) is 0 Å². The highest BCUT2D eigenvalue weighted by molar-refractivity contribution is 14.0. The first kappa shape index (κ1) is 27.3. The molecule has 31 heavy (non-hydrogen) atoms. The monoisotopic (exact) mass is 548 g/mol. The quantitative estimate of drug-likeness (QED) is 0.200. The molecule has 0 radical (unpaired) electrons. The average molecular weight is 548 g/mol. The fourth-order valence-corrected chi connectivity index (χ4v) is 2.92. The van der Waals surface area contributed by atoms with Gasteiger partial charge in [0, 0.05) is 44.8 Å². The molecule has 1 aliphatic heterocycles. The van der Waals surface area contributed by atoms with Gasteiger partial charge in [-0.25, -0.2) is 4.79 Å². The minimum atomic E-state index is -0.506. The van der Waals surface area contributed by atoms with Gasteiger partial charge in [0.15, 0.2) is 5.96 Å². The van der Waals surface area contributed by atoms with Gasteiger partial charge in [0.2, 0.25) is 0 Å². The molecule has 3 N–H and O–H groups in total. The van der Waals surface area contributed by atoms with E-state index < -0.39 is 11.7 Å². The smallest absolute Gasteiger partial charge is 0.407 e. The van der Waals surface area contributed by atoms with Crippen LogP contribution in [0.1, 0.15) is 38.3 Å². The highest BCUT2D eigenvalue weighted by Gasteiger charge is 2.17. The Kier molecular flexibility index (Phi) is 12.0. The number of carbonyl (C=O) groups is 1. The lowest BCUT2D eigenvalue weighted by Gasteiger charge is -2.20. The van der Waals surface area contributed by atoms with Gasteiger partial charge in [-0.15, -0.1) is 24.0 Å². The molecule has 8 nitrogen and oxygen atoms in total. The highest BCUT2D eigenvalue weighted by atomic mass is 127. The van der Waals surface area contributed by atoms with E-state index in [4.69, 9.17) is 14.2 Å². The largest absolute Gasteiger partial charge is 0.493 e. The minimum Gasteiger partial charge on any atom is -0.493 e. The molecule has 1 amide bonds. The molecule has 0 saturated carbocycles. The minimum absolute atomic E-state index is 0. The number of benzene rings is 1. The van der Waals surface area contributed by atoms with Crippen LogP contribution in [0.15, 0.2) is 23.2 Å². The summed E-state index contributed by atoms with van der Waals surface area (Å²) in [4.78, 5) is 15.9. The maximum Gasteiger partial charge on any atom is 0.407 e. The molecule has 1 saturated heterocycles. The molecular formula is C22H37IN4O4. The molecule has 0 spiro atoms. The summed E-state index contributed by atoms with van der Waals surface area (Å²) in [5.74, 6) is 1.99. The molecule has 0 aromatic heterocycles. The number of amides is 1. The van der Waals surface area contributed by atoms with E-state index in [1.807, 2.05) is 20.8 Å². The first-order valence-electron chi connectivity index (χ1n) is 10.5. The van der Waals surface area contributed by atoms with Crippen LogP contribution in [0.2, 0.25) is 0 Å². The first-order valence-corrected chi connectivity index (χ1v) is 10.5. The third kappa shape index (κ3) is 10.9. The number of halogens is 1. The maximum absolute atomic E-state index is 11.7. The van der Waals surface area contributed by atoms with Gasteiger partial charge >= 0.3 is 6.09 Å². The summed E-state index contributed by atoms with van der Waals surface area (Å²) in [5.41, 5.74) is 1.72. The van der Waals surface area contributed by atoms with E-state index in [-0.39, 0.29) is 24.0 Å². The van der Waals surface area contributed by atoms with E-state index in [1.165, 1.54) is 0 Å². The SMILES string of the molecule is CN=C(NCCNC(=O)OC(C)(C)C)NCc1ccc(C)cc1OCC1CCOC1.I. The van der Waals surface area contributed by atoms with Crippen molar-refractivity contribution < 1.29 is 19.0 Å². The molecular weight excluding hydrogens is 511 g/mol. The van der Waals surface area contributed by atoms with Gasteiger partial charge in [-0.1, -0.05) is 12.1 Å². The maximum atomic E-state index is 11.7. The fourth-order valence-electron chi connectivity index (χ4n) is 2.92. The molecule has 1 aromatic carbocycles. The molecule has 1 heterocycles. The number of guanidine groups is 1. The second-order valence-electron chi connectivity index (χ2n) is 8.43. The summed E-state index contributed by atoms with van der Waals surface area (Å²) in [6.07, 6.45) is 0.620. The van der Waals surface area contributed by atoms with Gasteiger partial charge in [0.25, 0.3) is 0 Å². The van der Waals surface area contributed by atoms with Crippen molar-refractivity contribution in [1.29, 1.82) is 0 Å². The standard InChI is InChI=1S/C22H36N4O4.HI/c1-16-6-7-18(19(12-16)29-15-17-8-11-28-14-17)13-26-20(23-5)24-9-10-25-21(27)30-22(2,3)4;/h6-7,12,17H,8-11,13-15H2,1-5H3,(H,25,27)(H2,23,24,26);1H. The number of nitrogens with zero attached hydrogens (tertiary/aromatic N) is 1. The van der Waals surface area contributed by atoms with Crippen LogP contribution in [0.25, 0.3) is 0 Å². The Morgan fingerprint density at radius 2 is 1.97 bits per heavy atom. The summed E-state index contributed by atoms with van der Waals surface area (Å²) in [7, 11) is 1.71. The Morgan fingerprint density at radius 3 is 2.61 bits per heavy atom. The van der Waals surface area contributed by atoms with E-state index in [2.05, 4.69) is 46.1 Å². The van der Waals surface area contributed by atoms with E-state index in [9.17, 15) is 4.79 Å². The van der Waals surface area contributed by atoms with E-state index in [0.717, 1.165) is 36.5 Å². The lowest BCUT2D eigenvalue weighted by Crippen LogP contribution is -2.42. The van der Waals surface area contributed by atoms with Crippen molar-refractivity contribution in [1.82, 2.24) is 16.0 Å². The van der Waals surface area contributed by atoms with Gasteiger partial charge in [0.05, 0.1) is 13.2 Å². The summed E-state index contributed by atoms with van der Waals surface area (Å²) in [6.45, 7) is 11.4. The van der Waals surface area contributed by atoms with Gasteiger partial charge < -0.3 is 30.2 Å². The van der Waals surface area contributed by atoms with Crippen molar-refractivity contribution >= 4 is 36.0 Å². The number of hydrogen-bond donors (Lipinski definition) is 3. The summed E-state index contributed by atoms with van der Waals surface area (Å²) < 4.78 is 16.7. The van der Waals surface area contributed by atoms with E-state index >= 15 is 0 Å². The predicted molar refractivity (Wildman–Crippen MR) is 133 cm³/mol. The third-order valence-electron chi connectivity index (χ3n) is 4.48. The van der Waals surface area contributed by atoms with Gasteiger partial charge in [-0.2, -0.15) is 0 Å². The number of carbonyl (C=O) groups excluding carboxylic acids is 1. The Labute approximate surface area is 202 Å². The molecule has 2 rings (SSSR count). The van der Waals surface area contributed by atoms with Crippen molar-refractivity contribution in [3.63, 3.8) is 0 Å². The number of alkyl carbamates (subject to hydrolysis) is 1. The number of rotatable bonds is 8. The molecule has 1 aromatic rings. The second kappa shape index (κ2) is 13.6. The topological polar surface area (TPSA) is 93.2 Å². The predicted octanol–water partition coefficient (Wildman–Crippen LogP) is 3.22. The molecule has 1 fully saturated rings. The summed E-state index contributed by atoms with van der Waals surface area (Å²) >= 11 is 0. The molecule has 9 heteroatoms. The van der Waals surface area contributed by atoms with Crippen LogP contribution in [0.5, 0.6) is 5.75 Å². The Bertz CT molecular complexity index is 716. The zero-order valence-electron chi connectivity index (χ0n) is 19.2. The van der Waals surface area contributed by atoms with E-state index in [1.54, 1.807) is 7.05 Å². The van der Waals surface area contributed by atoms with Crippen LogP contribution >= 0.6 is 24.0 Å². The fraction of sp³-hybridized carbons (Fsp3) is 0.636. The normalized spacial score (nSPS) is 16.3. The highest BCUT2D eigenvalue weighted by Crippen LogP contribution is 2.22. The molecule has 1 unspecified atom stereocenters. The Hall–Kier alpha value is -1.75. The number of aliphatic imine (C=N–C) groups is 1. The van der Waals surface area contributed by atoms with Crippen molar-refractivity contribution in [3.05, 3.63) is 29.3 Å². The van der Waals surface area contributed by atoms with Gasteiger partial charge in [-0.05, 0) is 45.7 Å². The summed E-state index contributed by atoms with van der Waals surface area (Å²) in [6, 6.07) is 6.21. The van der Waals surface area contributed by atoms with Crippen molar-refractivity contribution in [2.45, 2.75) is 46.3 Å². The van der Waals surface area contributed by atoms with Crippen LogP contribution in [0, 0.1) is 12.8 Å². The lowest BCUT2D eigenvalue weighted by atomic mass is 10.1. The second-order valence-corrected chi connectivity index (χ2v) is 8.43. The Balaban J connectivity index is 0.00000480. The first-order chi connectivity index (χ1) is 14.3. The third-order valence-corrected chi connectivity index (χ3v) is 4.48. The van der Waals surface area contributed by atoms with Crippen LogP contribution in [0.4, 0.5) is 4.79 Å². The molecule has 0 bridgehead atoms. The van der Waals surface area contributed by atoms with Crippen LogP contribution in [-0.2, 0) is 16.0 Å². The van der Waals surface area contributed by atoms with Gasteiger partial charge in [-0.3, -0.25) is 4.99 Å². The number of ether oxygens (including phenoxy) is 3. The number of nitrogens with one attached hydrogen (secondary N) is 3. The van der Waals surface area contributed by atoms with Crippen molar-refractivity contribution in [2.75, 3.05) is 40.0 Å². The average Bonchev–Trinajstić information content (AvgIpc) is 3.19. The number of aryl methyl sites for hydroxylation is 1. The molecule has 176 valence electrons. The summed E-state index contributed by atoms with van der Waals surface area (Å²) in [5, 5.41) is 9.18. The zero-order valence-corrected chi connectivity index (χ0v) is 21.6.